The second kappa shape index (κ2) is 3.77. The monoisotopic (exact) mass is 222 g/mol. The zero-order chi connectivity index (χ0) is 11.8. The smallest absolute Gasteiger partial charge is 0.253 e. The fraction of sp³-hybridized carbons (Fsp3) is 0.417. The molecule has 0 spiro atoms. The molecule has 1 aliphatic carbocycles. The molecule has 16 heavy (non-hydrogen) atoms. The summed E-state index contributed by atoms with van der Waals surface area (Å²) in [5.74, 6) is -0.851. The second-order valence-electron chi connectivity index (χ2n) is 4.69. The molecule has 0 bridgehead atoms. The Balaban J connectivity index is 2.05. The molecule has 3 nitrogen and oxygen atoms in total. The van der Waals surface area contributed by atoms with Crippen LogP contribution >= 0.6 is 0 Å². The van der Waals surface area contributed by atoms with Gasteiger partial charge in [0.2, 0.25) is 0 Å². The van der Waals surface area contributed by atoms with E-state index in [1.54, 1.807) is 0 Å². The largest absolute Gasteiger partial charge is 0.396 e. The number of anilines is 1. The van der Waals surface area contributed by atoms with Crippen molar-refractivity contribution in [1.29, 1.82) is 0 Å². The molecule has 4 heteroatoms. The highest BCUT2D eigenvalue weighted by atomic mass is 19.1. The highest BCUT2D eigenvalue weighted by Gasteiger charge is 2.37. The van der Waals surface area contributed by atoms with Gasteiger partial charge in [0, 0.05) is 6.54 Å². The van der Waals surface area contributed by atoms with E-state index in [-0.39, 0.29) is 22.6 Å². The lowest BCUT2D eigenvalue weighted by Gasteiger charge is -2.11. The van der Waals surface area contributed by atoms with Crippen LogP contribution in [0.3, 0.4) is 0 Å². The number of halogens is 1. The summed E-state index contributed by atoms with van der Waals surface area (Å²) in [6.07, 6.45) is 2.26. The van der Waals surface area contributed by atoms with Gasteiger partial charge in [-0.1, -0.05) is 13.0 Å². The minimum absolute atomic E-state index is 0.0825. The van der Waals surface area contributed by atoms with Crippen LogP contribution in [0.25, 0.3) is 0 Å². The average Bonchev–Trinajstić information content (AvgIpc) is 2.98. The van der Waals surface area contributed by atoms with Crippen molar-refractivity contribution in [3.63, 3.8) is 0 Å². The maximum absolute atomic E-state index is 13.1. The molecule has 86 valence electrons. The summed E-state index contributed by atoms with van der Waals surface area (Å²) >= 11 is 0. The van der Waals surface area contributed by atoms with E-state index in [4.69, 9.17) is 5.73 Å². The molecule has 3 N–H and O–H groups in total. The van der Waals surface area contributed by atoms with E-state index in [9.17, 15) is 9.18 Å². The molecule has 1 aromatic carbocycles. The van der Waals surface area contributed by atoms with E-state index in [1.807, 2.05) is 0 Å². The van der Waals surface area contributed by atoms with Crippen LogP contribution in [0.4, 0.5) is 10.1 Å². The Morgan fingerprint density at radius 1 is 1.56 bits per heavy atom. The van der Waals surface area contributed by atoms with Crippen molar-refractivity contribution in [2.75, 3.05) is 12.3 Å². The molecule has 2 rings (SSSR count). The van der Waals surface area contributed by atoms with Crippen molar-refractivity contribution in [1.82, 2.24) is 5.32 Å². The molecule has 0 aromatic heterocycles. The number of rotatable bonds is 3. The fourth-order valence-corrected chi connectivity index (χ4v) is 1.51. The first-order valence-corrected chi connectivity index (χ1v) is 5.34. The quantitative estimate of drug-likeness (QED) is 0.768. The van der Waals surface area contributed by atoms with Crippen LogP contribution in [0.5, 0.6) is 0 Å². The SMILES string of the molecule is CC1(CNC(=O)c2cccc(F)c2N)CC1. The molecular formula is C12H15FN2O. The Kier molecular flexibility index (Phi) is 2.58. The van der Waals surface area contributed by atoms with E-state index in [0.717, 1.165) is 12.8 Å². The van der Waals surface area contributed by atoms with E-state index in [2.05, 4.69) is 12.2 Å². The summed E-state index contributed by atoms with van der Waals surface area (Å²) in [5, 5.41) is 2.78. The number of hydrogen-bond acceptors (Lipinski definition) is 2. The summed E-state index contributed by atoms with van der Waals surface area (Å²) < 4.78 is 13.1. The van der Waals surface area contributed by atoms with E-state index < -0.39 is 5.82 Å². The number of benzene rings is 1. The maximum atomic E-state index is 13.1. The van der Waals surface area contributed by atoms with Gasteiger partial charge in [-0.15, -0.1) is 0 Å². The molecule has 0 aliphatic heterocycles. The number of nitrogens with two attached hydrogens (primary N) is 1. The van der Waals surface area contributed by atoms with Gasteiger partial charge in [-0.2, -0.15) is 0 Å². The van der Waals surface area contributed by atoms with Crippen LogP contribution < -0.4 is 11.1 Å². The van der Waals surface area contributed by atoms with Gasteiger partial charge in [0.15, 0.2) is 0 Å². The molecule has 1 fully saturated rings. The Bertz CT molecular complexity index is 427. The van der Waals surface area contributed by atoms with Gasteiger partial charge in [0.1, 0.15) is 5.82 Å². The van der Waals surface area contributed by atoms with Gasteiger partial charge in [-0.25, -0.2) is 4.39 Å². The van der Waals surface area contributed by atoms with Crippen molar-refractivity contribution in [3.05, 3.63) is 29.6 Å². The molecule has 1 amide bonds. The Morgan fingerprint density at radius 2 is 2.25 bits per heavy atom. The van der Waals surface area contributed by atoms with Gasteiger partial charge in [0.25, 0.3) is 5.91 Å². The Hall–Kier alpha value is -1.58. The van der Waals surface area contributed by atoms with Crippen molar-refractivity contribution in [3.8, 4) is 0 Å². The first-order valence-electron chi connectivity index (χ1n) is 5.34. The predicted molar refractivity (Wildman–Crippen MR) is 60.5 cm³/mol. The predicted octanol–water partition coefficient (Wildman–Crippen LogP) is 1.94. The van der Waals surface area contributed by atoms with Crippen molar-refractivity contribution >= 4 is 11.6 Å². The van der Waals surface area contributed by atoms with Crippen LogP contribution in [0.1, 0.15) is 30.1 Å². The van der Waals surface area contributed by atoms with Gasteiger partial charge >= 0.3 is 0 Å². The summed E-state index contributed by atoms with van der Waals surface area (Å²) in [5.41, 5.74) is 5.87. The van der Waals surface area contributed by atoms with Crippen molar-refractivity contribution < 1.29 is 9.18 Å². The topological polar surface area (TPSA) is 55.1 Å². The highest BCUT2D eigenvalue weighted by molar-refractivity contribution is 5.99. The molecule has 1 aromatic rings. The zero-order valence-electron chi connectivity index (χ0n) is 9.22. The second-order valence-corrected chi connectivity index (χ2v) is 4.69. The van der Waals surface area contributed by atoms with Crippen molar-refractivity contribution in [2.24, 2.45) is 5.41 Å². The maximum Gasteiger partial charge on any atom is 0.253 e. The van der Waals surface area contributed by atoms with Crippen LogP contribution in [0, 0.1) is 11.2 Å². The van der Waals surface area contributed by atoms with Crippen LogP contribution in [-0.4, -0.2) is 12.5 Å². The van der Waals surface area contributed by atoms with Gasteiger partial charge in [0.05, 0.1) is 11.3 Å². The number of para-hydroxylation sites is 1. The number of carbonyl (C=O) groups excluding carboxylic acids is 1. The Morgan fingerprint density at radius 3 is 2.88 bits per heavy atom. The number of nitrogens with one attached hydrogen (secondary N) is 1. The third-order valence-electron chi connectivity index (χ3n) is 3.08. The molecule has 0 saturated heterocycles. The minimum Gasteiger partial charge on any atom is -0.396 e. The molecule has 0 atom stereocenters. The third-order valence-corrected chi connectivity index (χ3v) is 3.08. The van der Waals surface area contributed by atoms with Crippen LogP contribution in [0.15, 0.2) is 18.2 Å². The van der Waals surface area contributed by atoms with E-state index in [1.165, 1.54) is 18.2 Å². The first kappa shape index (κ1) is 10.9. The minimum atomic E-state index is -0.551. The van der Waals surface area contributed by atoms with E-state index >= 15 is 0 Å². The lowest BCUT2D eigenvalue weighted by molar-refractivity contribution is 0.0946. The normalized spacial score (nSPS) is 16.9. The summed E-state index contributed by atoms with van der Waals surface area (Å²) in [4.78, 5) is 11.7. The third kappa shape index (κ3) is 2.15. The zero-order valence-corrected chi connectivity index (χ0v) is 9.22. The standard InChI is InChI=1S/C12H15FN2O/c1-12(5-6-12)7-15-11(16)8-3-2-4-9(13)10(8)14/h2-4H,5-7,14H2,1H3,(H,15,16). The van der Waals surface area contributed by atoms with Gasteiger partial charge < -0.3 is 11.1 Å². The number of nitrogen functional groups attached to an aromatic ring is 1. The van der Waals surface area contributed by atoms with Crippen molar-refractivity contribution in [2.45, 2.75) is 19.8 Å². The molecule has 0 unspecified atom stereocenters. The Labute approximate surface area is 93.8 Å². The highest BCUT2D eigenvalue weighted by Crippen LogP contribution is 2.44. The van der Waals surface area contributed by atoms with E-state index in [0.29, 0.717) is 6.54 Å². The summed E-state index contributed by atoms with van der Waals surface area (Å²) in [7, 11) is 0. The average molecular weight is 222 g/mol. The molecule has 1 saturated carbocycles. The molecule has 0 heterocycles. The van der Waals surface area contributed by atoms with Gasteiger partial charge in [-0.05, 0) is 30.4 Å². The lowest BCUT2D eigenvalue weighted by Crippen LogP contribution is -2.29. The van der Waals surface area contributed by atoms with Crippen LogP contribution in [-0.2, 0) is 0 Å². The summed E-state index contributed by atoms with van der Waals surface area (Å²) in [6, 6.07) is 4.26. The molecule has 0 radical (unpaired) electrons. The molecule has 1 aliphatic rings. The lowest BCUT2D eigenvalue weighted by atomic mass is 10.1. The summed E-state index contributed by atoms with van der Waals surface area (Å²) in [6.45, 7) is 2.74. The molecular weight excluding hydrogens is 207 g/mol. The number of amides is 1. The van der Waals surface area contributed by atoms with Crippen LogP contribution in [0.2, 0.25) is 0 Å². The number of hydrogen-bond donors (Lipinski definition) is 2. The fourth-order valence-electron chi connectivity index (χ4n) is 1.51. The first-order chi connectivity index (χ1) is 7.52. The van der Waals surface area contributed by atoms with Gasteiger partial charge in [-0.3, -0.25) is 4.79 Å². The number of carbonyl (C=O) groups is 1.